The molecule has 0 spiro atoms. The molecule has 26 heavy (non-hydrogen) atoms. The van der Waals surface area contributed by atoms with Gasteiger partial charge in [0.15, 0.2) is 0 Å². The molecule has 1 aromatic heterocycles. The summed E-state index contributed by atoms with van der Waals surface area (Å²) in [5.74, 6) is -0.256. The van der Waals surface area contributed by atoms with Crippen molar-refractivity contribution in [1.29, 1.82) is 0 Å². The van der Waals surface area contributed by atoms with Crippen LogP contribution in [-0.2, 0) is 14.8 Å². The fourth-order valence-electron chi connectivity index (χ4n) is 3.27. The average molecular weight is 373 g/mol. The lowest BCUT2D eigenvalue weighted by atomic mass is 9.97. The Bertz CT molecular complexity index is 890. The minimum atomic E-state index is -3.52. The summed E-state index contributed by atoms with van der Waals surface area (Å²) >= 11 is 0. The average Bonchev–Trinajstić information content (AvgIpc) is 2.62. The van der Waals surface area contributed by atoms with E-state index in [1.165, 1.54) is 4.31 Å². The van der Waals surface area contributed by atoms with Gasteiger partial charge in [-0.2, -0.15) is 4.31 Å². The van der Waals surface area contributed by atoms with Gasteiger partial charge < -0.3 is 5.32 Å². The zero-order chi connectivity index (χ0) is 18.7. The van der Waals surface area contributed by atoms with Crippen LogP contribution in [0.1, 0.15) is 24.0 Å². The van der Waals surface area contributed by atoms with Gasteiger partial charge in [0.1, 0.15) is 0 Å². The van der Waals surface area contributed by atoms with Crippen LogP contribution in [0.3, 0.4) is 0 Å². The summed E-state index contributed by atoms with van der Waals surface area (Å²) in [5, 5.41) is 2.87. The van der Waals surface area contributed by atoms with Gasteiger partial charge in [-0.3, -0.25) is 9.78 Å². The van der Waals surface area contributed by atoms with Crippen LogP contribution in [0.15, 0.2) is 47.6 Å². The number of amides is 1. The van der Waals surface area contributed by atoms with Crippen molar-refractivity contribution in [3.8, 4) is 0 Å². The zero-order valence-corrected chi connectivity index (χ0v) is 15.8. The predicted octanol–water partition coefficient (Wildman–Crippen LogP) is 2.74. The molecule has 1 saturated heterocycles. The largest absolute Gasteiger partial charge is 0.326 e. The molecule has 3 rings (SSSR count). The highest BCUT2D eigenvalue weighted by Crippen LogP contribution is 2.26. The van der Waals surface area contributed by atoms with E-state index in [4.69, 9.17) is 0 Å². The molecule has 0 saturated carbocycles. The molecular weight excluding hydrogens is 350 g/mol. The van der Waals surface area contributed by atoms with Gasteiger partial charge in [-0.05, 0) is 50.5 Å². The Morgan fingerprint density at radius 2 is 1.77 bits per heavy atom. The van der Waals surface area contributed by atoms with Crippen LogP contribution >= 0.6 is 0 Å². The number of pyridine rings is 1. The van der Waals surface area contributed by atoms with Gasteiger partial charge >= 0.3 is 0 Å². The van der Waals surface area contributed by atoms with Crippen molar-refractivity contribution >= 4 is 21.6 Å². The molecule has 6 nitrogen and oxygen atoms in total. The number of carbonyl (C=O) groups is 1. The number of aryl methyl sites for hydroxylation is 2. The number of nitrogens with one attached hydrogen (secondary N) is 1. The summed E-state index contributed by atoms with van der Waals surface area (Å²) in [5.41, 5.74) is 2.49. The van der Waals surface area contributed by atoms with Gasteiger partial charge in [0.2, 0.25) is 15.9 Å². The number of aromatic nitrogens is 1. The Balaban J connectivity index is 1.65. The maximum atomic E-state index is 12.9. The summed E-state index contributed by atoms with van der Waals surface area (Å²) in [7, 11) is -3.52. The quantitative estimate of drug-likeness (QED) is 0.894. The van der Waals surface area contributed by atoms with Crippen molar-refractivity contribution in [2.24, 2.45) is 5.92 Å². The van der Waals surface area contributed by atoms with E-state index in [1.54, 1.807) is 30.6 Å². The Labute approximate surface area is 154 Å². The lowest BCUT2D eigenvalue weighted by molar-refractivity contribution is -0.120. The number of rotatable bonds is 4. The molecule has 1 amide bonds. The van der Waals surface area contributed by atoms with Crippen LogP contribution in [0.5, 0.6) is 0 Å². The molecule has 7 heteroatoms. The molecule has 1 aliphatic heterocycles. The normalized spacial score (nSPS) is 16.4. The summed E-state index contributed by atoms with van der Waals surface area (Å²) in [4.78, 5) is 16.7. The predicted molar refractivity (Wildman–Crippen MR) is 100 cm³/mol. The van der Waals surface area contributed by atoms with Gasteiger partial charge in [0, 0.05) is 37.1 Å². The number of nitrogens with zero attached hydrogens (tertiary/aromatic N) is 2. The van der Waals surface area contributed by atoms with Crippen molar-refractivity contribution in [2.45, 2.75) is 31.6 Å². The van der Waals surface area contributed by atoms with Gasteiger partial charge in [-0.1, -0.05) is 17.7 Å². The number of hydrogen-bond donors (Lipinski definition) is 1. The number of hydrogen-bond acceptors (Lipinski definition) is 4. The Hall–Kier alpha value is -2.25. The van der Waals surface area contributed by atoms with E-state index in [9.17, 15) is 13.2 Å². The molecule has 1 aromatic carbocycles. The molecule has 138 valence electrons. The van der Waals surface area contributed by atoms with E-state index < -0.39 is 10.0 Å². The summed E-state index contributed by atoms with van der Waals surface area (Å²) in [6.45, 7) is 4.46. The summed E-state index contributed by atoms with van der Waals surface area (Å²) < 4.78 is 27.3. The molecule has 1 fully saturated rings. The maximum absolute atomic E-state index is 12.9. The van der Waals surface area contributed by atoms with E-state index in [2.05, 4.69) is 10.3 Å². The molecule has 0 radical (unpaired) electrons. The second-order valence-corrected chi connectivity index (χ2v) is 8.58. The van der Waals surface area contributed by atoms with Crippen molar-refractivity contribution in [3.63, 3.8) is 0 Å². The lowest BCUT2D eigenvalue weighted by Gasteiger charge is -2.31. The molecule has 1 aliphatic rings. The van der Waals surface area contributed by atoms with Gasteiger partial charge in [-0.25, -0.2) is 8.42 Å². The number of sulfonamides is 1. The monoisotopic (exact) mass is 373 g/mol. The SMILES string of the molecule is Cc1ccc(S(=O)(=O)N2CCC(C(=O)Nc3ccncc3)CC2)c(C)c1. The van der Waals surface area contributed by atoms with E-state index in [-0.39, 0.29) is 11.8 Å². The standard InChI is InChI=1S/C19H23N3O3S/c1-14-3-4-18(15(2)13-14)26(24,25)22-11-7-16(8-12-22)19(23)21-17-5-9-20-10-6-17/h3-6,9-10,13,16H,7-8,11-12H2,1-2H3,(H,20,21,23). The zero-order valence-electron chi connectivity index (χ0n) is 15.0. The van der Waals surface area contributed by atoms with Gasteiger partial charge in [0.05, 0.1) is 4.90 Å². The second-order valence-electron chi connectivity index (χ2n) is 6.67. The minimum Gasteiger partial charge on any atom is -0.326 e. The third-order valence-electron chi connectivity index (χ3n) is 4.72. The maximum Gasteiger partial charge on any atom is 0.243 e. The first-order valence-electron chi connectivity index (χ1n) is 8.66. The van der Waals surface area contributed by atoms with Crippen molar-refractivity contribution in [1.82, 2.24) is 9.29 Å². The highest BCUT2D eigenvalue weighted by molar-refractivity contribution is 7.89. The Morgan fingerprint density at radius 3 is 2.38 bits per heavy atom. The number of benzene rings is 1. The van der Waals surface area contributed by atoms with Crippen molar-refractivity contribution in [2.75, 3.05) is 18.4 Å². The molecule has 0 bridgehead atoms. The fraction of sp³-hybridized carbons (Fsp3) is 0.368. The first-order valence-corrected chi connectivity index (χ1v) is 10.1. The van der Waals surface area contributed by atoms with Crippen LogP contribution in [-0.4, -0.2) is 36.7 Å². The molecule has 0 unspecified atom stereocenters. The highest BCUT2D eigenvalue weighted by atomic mass is 32.2. The molecule has 0 aliphatic carbocycles. The summed E-state index contributed by atoms with van der Waals surface area (Å²) in [6.07, 6.45) is 4.27. The van der Waals surface area contributed by atoms with Crippen LogP contribution < -0.4 is 5.32 Å². The molecular formula is C19H23N3O3S. The van der Waals surface area contributed by atoms with Crippen LogP contribution in [0.4, 0.5) is 5.69 Å². The number of anilines is 1. The van der Waals surface area contributed by atoms with E-state index in [1.807, 2.05) is 26.0 Å². The van der Waals surface area contributed by atoms with Crippen LogP contribution in [0, 0.1) is 19.8 Å². The van der Waals surface area contributed by atoms with Crippen LogP contribution in [0.25, 0.3) is 0 Å². The van der Waals surface area contributed by atoms with Crippen molar-refractivity contribution < 1.29 is 13.2 Å². The topological polar surface area (TPSA) is 79.4 Å². The molecule has 2 aromatic rings. The van der Waals surface area contributed by atoms with Crippen LogP contribution in [0.2, 0.25) is 0 Å². The lowest BCUT2D eigenvalue weighted by Crippen LogP contribution is -2.41. The van der Waals surface area contributed by atoms with E-state index in [0.29, 0.717) is 36.5 Å². The Morgan fingerprint density at radius 1 is 1.12 bits per heavy atom. The number of carbonyl (C=O) groups excluding carboxylic acids is 1. The molecule has 2 heterocycles. The fourth-order valence-corrected chi connectivity index (χ4v) is 4.94. The van der Waals surface area contributed by atoms with Gasteiger partial charge in [-0.15, -0.1) is 0 Å². The smallest absolute Gasteiger partial charge is 0.243 e. The highest BCUT2D eigenvalue weighted by Gasteiger charge is 2.32. The van der Waals surface area contributed by atoms with E-state index >= 15 is 0 Å². The number of piperidine rings is 1. The molecule has 1 N–H and O–H groups in total. The third kappa shape index (κ3) is 3.94. The minimum absolute atomic E-state index is 0.0697. The van der Waals surface area contributed by atoms with E-state index in [0.717, 1.165) is 11.1 Å². The molecule has 0 atom stereocenters. The first kappa shape index (κ1) is 18.5. The van der Waals surface area contributed by atoms with Gasteiger partial charge in [0.25, 0.3) is 0 Å². The summed E-state index contributed by atoms with van der Waals surface area (Å²) in [6, 6.07) is 8.83. The Kier molecular flexibility index (Phi) is 5.38. The first-order chi connectivity index (χ1) is 12.4. The third-order valence-corrected chi connectivity index (χ3v) is 6.78. The van der Waals surface area contributed by atoms with Crippen molar-refractivity contribution in [3.05, 3.63) is 53.9 Å². The second kappa shape index (κ2) is 7.55.